The van der Waals surface area contributed by atoms with E-state index in [4.69, 9.17) is 4.74 Å². The van der Waals surface area contributed by atoms with Gasteiger partial charge in [-0.15, -0.1) is 0 Å². The van der Waals surface area contributed by atoms with Crippen molar-refractivity contribution in [1.82, 2.24) is 5.32 Å². The Balaban J connectivity index is 1.69. The fourth-order valence-electron chi connectivity index (χ4n) is 2.50. The van der Waals surface area contributed by atoms with Crippen LogP contribution in [0.25, 0.3) is 0 Å². The minimum Gasteiger partial charge on any atom is -0.435 e. The van der Waals surface area contributed by atoms with E-state index in [1.165, 1.54) is 18.9 Å². The maximum absolute atomic E-state index is 12.2. The lowest BCUT2D eigenvalue weighted by molar-refractivity contribution is -0.0539. The van der Waals surface area contributed by atoms with Crippen LogP contribution < -0.4 is 10.1 Å². The first-order chi connectivity index (χ1) is 9.22. The van der Waals surface area contributed by atoms with E-state index in [-0.39, 0.29) is 18.0 Å². The molecule has 2 aliphatic rings. The van der Waals surface area contributed by atoms with E-state index in [1.54, 1.807) is 12.1 Å². The molecule has 0 spiro atoms. The normalized spacial score (nSPS) is 27.5. The number of benzene rings is 1. The Hall–Kier alpha value is -1.20. The third-order valence-corrected chi connectivity index (χ3v) is 3.62. The van der Waals surface area contributed by atoms with Crippen molar-refractivity contribution >= 4 is 0 Å². The molecule has 2 fully saturated rings. The third kappa shape index (κ3) is 3.22. The van der Waals surface area contributed by atoms with Crippen molar-refractivity contribution in [1.29, 1.82) is 0 Å². The van der Waals surface area contributed by atoms with Crippen molar-refractivity contribution in [3.05, 3.63) is 29.8 Å². The summed E-state index contributed by atoms with van der Waals surface area (Å²) in [6.07, 6.45) is 2.63. The molecule has 1 saturated heterocycles. The van der Waals surface area contributed by atoms with Crippen LogP contribution >= 0.6 is 0 Å². The minimum absolute atomic E-state index is 0.0828. The third-order valence-electron chi connectivity index (χ3n) is 3.62. The number of hydrogen-bond donors (Lipinski definition) is 1. The molecule has 0 bridgehead atoms. The van der Waals surface area contributed by atoms with Gasteiger partial charge in [-0.2, -0.15) is 8.78 Å². The van der Waals surface area contributed by atoms with Gasteiger partial charge in [-0.25, -0.2) is 0 Å². The second-order valence-electron chi connectivity index (χ2n) is 5.11. The molecule has 104 valence electrons. The van der Waals surface area contributed by atoms with E-state index in [1.807, 2.05) is 6.07 Å². The van der Waals surface area contributed by atoms with Crippen molar-refractivity contribution < 1.29 is 18.3 Å². The van der Waals surface area contributed by atoms with Gasteiger partial charge in [0.1, 0.15) is 5.75 Å². The first-order valence-corrected chi connectivity index (χ1v) is 6.63. The summed E-state index contributed by atoms with van der Waals surface area (Å²) in [5.74, 6) is 0.848. The Morgan fingerprint density at radius 1 is 1.26 bits per heavy atom. The number of ether oxygens (including phenoxy) is 2. The summed E-state index contributed by atoms with van der Waals surface area (Å²) in [5, 5.41) is 3.35. The molecule has 0 radical (unpaired) electrons. The van der Waals surface area contributed by atoms with Gasteiger partial charge in [0.15, 0.2) is 0 Å². The smallest absolute Gasteiger partial charge is 0.387 e. The lowest BCUT2D eigenvalue weighted by Crippen LogP contribution is -2.41. The maximum atomic E-state index is 12.2. The van der Waals surface area contributed by atoms with Crippen LogP contribution in [0.2, 0.25) is 0 Å². The van der Waals surface area contributed by atoms with Gasteiger partial charge < -0.3 is 14.8 Å². The molecule has 2 atom stereocenters. The lowest BCUT2D eigenvalue weighted by atomic mass is 10.1. The van der Waals surface area contributed by atoms with Crippen LogP contribution in [0.4, 0.5) is 8.78 Å². The fraction of sp³-hybridized carbons (Fsp3) is 0.571. The average Bonchev–Trinajstić information content (AvgIpc) is 3.23. The number of halogens is 2. The molecule has 0 aromatic heterocycles. The Kier molecular flexibility index (Phi) is 3.66. The Morgan fingerprint density at radius 3 is 2.84 bits per heavy atom. The second kappa shape index (κ2) is 5.43. The van der Waals surface area contributed by atoms with Crippen LogP contribution in [0.1, 0.15) is 24.5 Å². The summed E-state index contributed by atoms with van der Waals surface area (Å²) in [5.41, 5.74) is 0.885. The predicted octanol–water partition coefficient (Wildman–Crippen LogP) is 2.73. The highest BCUT2D eigenvalue weighted by Gasteiger charge is 2.36. The zero-order valence-electron chi connectivity index (χ0n) is 10.5. The molecule has 0 amide bonds. The van der Waals surface area contributed by atoms with Crippen LogP contribution in [-0.4, -0.2) is 25.8 Å². The molecule has 19 heavy (non-hydrogen) atoms. The van der Waals surface area contributed by atoms with E-state index in [0.29, 0.717) is 12.5 Å². The van der Waals surface area contributed by atoms with Crippen LogP contribution in [0.5, 0.6) is 5.75 Å². The number of morpholine rings is 1. The zero-order valence-corrected chi connectivity index (χ0v) is 10.5. The molecule has 1 aromatic rings. The quantitative estimate of drug-likeness (QED) is 0.911. The fourth-order valence-corrected chi connectivity index (χ4v) is 2.50. The Labute approximate surface area is 110 Å². The zero-order chi connectivity index (χ0) is 13.2. The molecule has 1 heterocycles. The largest absolute Gasteiger partial charge is 0.435 e. The highest BCUT2D eigenvalue weighted by atomic mass is 19.3. The van der Waals surface area contributed by atoms with E-state index in [9.17, 15) is 8.78 Å². The van der Waals surface area contributed by atoms with E-state index >= 15 is 0 Å². The topological polar surface area (TPSA) is 30.5 Å². The molecule has 5 heteroatoms. The van der Waals surface area contributed by atoms with Crippen LogP contribution in [0.3, 0.4) is 0 Å². The molecular formula is C14H17F2NO2. The lowest BCUT2D eigenvalue weighted by Gasteiger charge is -2.31. The van der Waals surface area contributed by atoms with E-state index in [0.717, 1.165) is 12.1 Å². The van der Waals surface area contributed by atoms with Gasteiger partial charge in [-0.3, -0.25) is 0 Å². The molecule has 3 rings (SSSR count). The predicted molar refractivity (Wildman–Crippen MR) is 66.3 cm³/mol. The average molecular weight is 269 g/mol. The standard InChI is InChI=1S/C14H17F2NO2/c15-14(16)18-11-3-1-2-10(6-11)13-8-17-7-12(19-13)9-4-5-9/h1-3,6,9,12-14,17H,4-5,7-8H2. The number of rotatable bonds is 4. The van der Waals surface area contributed by atoms with Gasteiger partial charge in [0, 0.05) is 13.1 Å². The van der Waals surface area contributed by atoms with E-state index in [2.05, 4.69) is 10.1 Å². The van der Waals surface area contributed by atoms with Crippen molar-refractivity contribution in [3.8, 4) is 5.75 Å². The molecule has 1 aromatic carbocycles. The summed E-state index contributed by atoms with van der Waals surface area (Å²) in [6, 6.07) is 6.77. The summed E-state index contributed by atoms with van der Waals surface area (Å²) < 4.78 is 34.9. The molecule has 1 saturated carbocycles. The van der Waals surface area contributed by atoms with Crippen molar-refractivity contribution in [2.45, 2.75) is 31.7 Å². The van der Waals surface area contributed by atoms with Gasteiger partial charge in [0.25, 0.3) is 0 Å². The number of hydrogen-bond acceptors (Lipinski definition) is 3. The maximum Gasteiger partial charge on any atom is 0.387 e. The molecular weight excluding hydrogens is 252 g/mol. The molecule has 1 N–H and O–H groups in total. The number of nitrogens with one attached hydrogen (secondary N) is 1. The van der Waals surface area contributed by atoms with Crippen molar-refractivity contribution in [2.75, 3.05) is 13.1 Å². The Morgan fingerprint density at radius 2 is 2.11 bits per heavy atom. The monoisotopic (exact) mass is 269 g/mol. The van der Waals surface area contributed by atoms with Gasteiger partial charge in [0.2, 0.25) is 0 Å². The SMILES string of the molecule is FC(F)Oc1cccc(C2CNCC(C3CC3)O2)c1. The molecule has 1 aliphatic heterocycles. The van der Waals surface area contributed by atoms with Gasteiger partial charge in [0.05, 0.1) is 12.2 Å². The van der Waals surface area contributed by atoms with Crippen LogP contribution in [0, 0.1) is 5.92 Å². The molecule has 3 nitrogen and oxygen atoms in total. The van der Waals surface area contributed by atoms with Gasteiger partial charge in [-0.1, -0.05) is 12.1 Å². The summed E-state index contributed by atoms with van der Waals surface area (Å²) in [7, 11) is 0. The van der Waals surface area contributed by atoms with E-state index < -0.39 is 6.61 Å². The van der Waals surface area contributed by atoms with Gasteiger partial charge >= 0.3 is 6.61 Å². The van der Waals surface area contributed by atoms with Crippen LogP contribution in [0.15, 0.2) is 24.3 Å². The molecule has 2 unspecified atom stereocenters. The van der Waals surface area contributed by atoms with Crippen molar-refractivity contribution in [3.63, 3.8) is 0 Å². The second-order valence-corrected chi connectivity index (χ2v) is 5.11. The van der Waals surface area contributed by atoms with Gasteiger partial charge in [-0.05, 0) is 36.5 Å². The van der Waals surface area contributed by atoms with Crippen LogP contribution in [-0.2, 0) is 4.74 Å². The Bertz CT molecular complexity index is 437. The summed E-state index contributed by atoms with van der Waals surface area (Å²) in [6.45, 7) is -1.20. The number of alkyl halides is 2. The summed E-state index contributed by atoms with van der Waals surface area (Å²) in [4.78, 5) is 0. The molecule has 1 aliphatic carbocycles. The minimum atomic E-state index is -2.79. The first-order valence-electron chi connectivity index (χ1n) is 6.63. The first kappa shape index (κ1) is 12.8. The highest BCUT2D eigenvalue weighted by molar-refractivity contribution is 5.30. The summed E-state index contributed by atoms with van der Waals surface area (Å²) >= 11 is 0. The highest BCUT2D eigenvalue weighted by Crippen LogP contribution is 2.38. The van der Waals surface area contributed by atoms with Crippen molar-refractivity contribution in [2.24, 2.45) is 5.92 Å².